The van der Waals surface area contributed by atoms with Gasteiger partial charge in [0.05, 0.1) is 0 Å². The monoisotopic (exact) mass is 818 g/mol. The molecule has 0 fully saturated rings. The maximum absolute atomic E-state index is 2.58. The molecule has 2 aliphatic carbocycles. The minimum absolute atomic E-state index is 0.395. The Morgan fingerprint density at radius 1 is 0.350 bits per heavy atom. The first-order chi connectivity index (χ1) is 28.7. The van der Waals surface area contributed by atoms with Crippen LogP contribution in [0.1, 0.15) is 174 Å². The SMILES string of the molecule is CC(C)c1cc(C(C)C)c(C2=c3cc4cc5c(cc4cc3-c3sc4ccccc4c32)=C(c2c(C(C)C)cc(C(C)C)cc2C(C)C)c2c-5sc3ccccc23)c(C(C)C)c1. The fraction of sp³-hybridized carbons (Fsp3) is 0.310. The molecule has 10 rings (SSSR count). The zero-order chi connectivity index (χ0) is 42.0. The highest BCUT2D eigenvalue weighted by Gasteiger charge is 2.33. The van der Waals surface area contributed by atoms with Crippen LogP contribution in [0.5, 0.6) is 0 Å². The first kappa shape index (κ1) is 39.4. The predicted molar refractivity (Wildman–Crippen MR) is 265 cm³/mol. The lowest BCUT2D eigenvalue weighted by Gasteiger charge is -2.24. The number of fused-ring (bicyclic) bond motifs is 11. The van der Waals surface area contributed by atoms with Gasteiger partial charge in [-0.25, -0.2) is 0 Å². The Labute approximate surface area is 365 Å². The van der Waals surface area contributed by atoms with Crippen molar-refractivity contribution >= 4 is 64.8 Å². The lowest BCUT2D eigenvalue weighted by molar-refractivity contribution is 0.799. The van der Waals surface area contributed by atoms with Crippen LogP contribution in [-0.2, 0) is 0 Å². The van der Waals surface area contributed by atoms with Gasteiger partial charge in [-0.05, 0) is 149 Å². The van der Waals surface area contributed by atoms with Crippen molar-refractivity contribution in [3.63, 3.8) is 0 Å². The molecule has 0 bridgehead atoms. The van der Waals surface area contributed by atoms with Crippen molar-refractivity contribution in [2.45, 2.75) is 119 Å². The van der Waals surface area contributed by atoms with Crippen molar-refractivity contribution in [3.05, 3.63) is 163 Å². The van der Waals surface area contributed by atoms with Gasteiger partial charge in [0.2, 0.25) is 0 Å². The van der Waals surface area contributed by atoms with Gasteiger partial charge in [-0.3, -0.25) is 0 Å². The Hall–Kier alpha value is -4.76. The summed E-state index contributed by atoms with van der Waals surface area (Å²) in [6.45, 7) is 28.5. The zero-order valence-corrected chi connectivity index (χ0v) is 39.2. The standard InChI is InChI=1S/C58H58S2/c1-29(2)35-21-41(31(5)6)51(42(22-35)32(7)8)53-45-25-37-28-48-46(26-38(37)27-47(45)57-55(53)39-17-13-15-19-49(39)59-57)54(56-40-18-14-16-20-50(40)60-58(48)56)52-43(33(9)10)23-36(30(3)4)24-44(52)34(11)12/h13-34H,1-12H3. The van der Waals surface area contributed by atoms with E-state index in [0.29, 0.717) is 35.5 Å². The molecule has 8 aromatic rings. The molecule has 6 aromatic carbocycles. The summed E-state index contributed by atoms with van der Waals surface area (Å²) in [6, 6.07) is 38.7. The molecule has 0 N–H and O–H groups in total. The smallest absolute Gasteiger partial charge is 0.0440 e. The second kappa shape index (κ2) is 14.4. The highest BCUT2D eigenvalue weighted by Crippen LogP contribution is 2.52. The Morgan fingerprint density at radius 2 is 0.683 bits per heavy atom. The van der Waals surface area contributed by atoms with E-state index in [4.69, 9.17) is 0 Å². The number of rotatable bonds is 8. The molecule has 0 atom stereocenters. The number of thiophene rings is 2. The molecule has 2 heteroatoms. The van der Waals surface area contributed by atoms with Gasteiger partial charge in [-0.2, -0.15) is 0 Å². The Kier molecular flexibility index (Phi) is 9.47. The summed E-state index contributed by atoms with van der Waals surface area (Å²) in [7, 11) is 0. The van der Waals surface area contributed by atoms with E-state index in [1.807, 2.05) is 22.7 Å². The molecular formula is C58H58S2. The van der Waals surface area contributed by atoms with Crippen molar-refractivity contribution in [2.75, 3.05) is 0 Å². The van der Waals surface area contributed by atoms with Crippen LogP contribution < -0.4 is 10.4 Å². The van der Waals surface area contributed by atoms with E-state index >= 15 is 0 Å². The number of benzene rings is 6. The van der Waals surface area contributed by atoms with Crippen LogP contribution in [0, 0.1) is 0 Å². The third kappa shape index (κ3) is 5.88. The quantitative estimate of drug-likeness (QED) is 0.143. The molecule has 0 saturated carbocycles. The predicted octanol–water partition coefficient (Wildman–Crippen LogP) is 16.5. The van der Waals surface area contributed by atoms with E-state index in [1.165, 1.54) is 129 Å². The van der Waals surface area contributed by atoms with Gasteiger partial charge >= 0.3 is 0 Å². The third-order valence-electron chi connectivity index (χ3n) is 13.6. The minimum atomic E-state index is 0.395. The molecule has 0 saturated heterocycles. The maximum atomic E-state index is 2.58. The van der Waals surface area contributed by atoms with Crippen LogP contribution in [0.4, 0.5) is 0 Å². The summed E-state index contributed by atoms with van der Waals surface area (Å²) >= 11 is 3.96. The second-order valence-electron chi connectivity index (χ2n) is 19.6. The van der Waals surface area contributed by atoms with E-state index in [9.17, 15) is 0 Å². The normalized spacial score (nSPS) is 13.5. The van der Waals surface area contributed by atoms with Crippen LogP contribution in [0.15, 0.2) is 97.1 Å². The summed E-state index contributed by atoms with van der Waals surface area (Å²) in [5, 5.41) is 8.20. The van der Waals surface area contributed by atoms with Crippen LogP contribution in [0.2, 0.25) is 0 Å². The van der Waals surface area contributed by atoms with E-state index in [1.54, 1.807) is 0 Å². The van der Waals surface area contributed by atoms with Gasteiger partial charge in [-0.15, -0.1) is 22.7 Å². The van der Waals surface area contributed by atoms with Gasteiger partial charge in [-0.1, -0.05) is 144 Å². The average Bonchev–Trinajstić information content (AvgIpc) is 3.94. The van der Waals surface area contributed by atoms with Crippen molar-refractivity contribution in [1.29, 1.82) is 0 Å². The van der Waals surface area contributed by atoms with E-state index < -0.39 is 0 Å². The lowest BCUT2D eigenvalue weighted by Crippen LogP contribution is -2.14. The summed E-state index contributed by atoms with van der Waals surface area (Å²) < 4.78 is 2.74. The van der Waals surface area contributed by atoms with Gasteiger partial charge in [0, 0.05) is 52.2 Å². The molecule has 2 aromatic heterocycles. The maximum Gasteiger partial charge on any atom is 0.0440 e. The lowest BCUT2D eigenvalue weighted by atomic mass is 9.80. The van der Waals surface area contributed by atoms with Crippen molar-refractivity contribution < 1.29 is 0 Å². The largest absolute Gasteiger partial charge is 0.135 e. The molecular weight excluding hydrogens is 761 g/mol. The summed E-state index contributed by atoms with van der Waals surface area (Å²) in [6.07, 6.45) is 0. The highest BCUT2D eigenvalue weighted by atomic mass is 32.1. The molecule has 2 heterocycles. The first-order valence-electron chi connectivity index (χ1n) is 22.5. The fourth-order valence-electron chi connectivity index (χ4n) is 10.4. The zero-order valence-electron chi connectivity index (χ0n) is 37.5. The topological polar surface area (TPSA) is 0 Å². The molecule has 0 amide bonds. The van der Waals surface area contributed by atoms with Gasteiger partial charge in [0.25, 0.3) is 0 Å². The van der Waals surface area contributed by atoms with Gasteiger partial charge < -0.3 is 0 Å². The summed E-state index contributed by atoms with van der Waals surface area (Å²) in [5.74, 6) is 2.52. The van der Waals surface area contributed by atoms with Gasteiger partial charge in [0.1, 0.15) is 0 Å². The molecule has 2 aliphatic rings. The minimum Gasteiger partial charge on any atom is -0.135 e. The molecule has 302 valence electrons. The van der Waals surface area contributed by atoms with Crippen LogP contribution in [0.25, 0.3) is 63.0 Å². The van der Waals surface area contributed by atoms with E-state index in [0.717, 1.165) is 0 Å². The van der Waals surface area contributed by atoms with Crippen molar-refractivity contribution in [1.82, 2.24) is 0 Å². The molecule has 0 aliphatic heterocycles. The van der Waals surface area contributed by atoms with Crippen LogP contribution in [0.3, 0.4) is 0 Å². The molecule has 0 radical (unpaired) electrons. The van der Waals surface area contributed by atoms with E-state index in [-0.39, 0.29) is 0 Å². The Morgan fingerprint density at radius 3 is 1.00 bits per heavy atom. The van der Waals surface area contributed by atoms with Crippen LogP contribution in [-0.4, -0.2) is 0 Å². The Balaban J connectivity index is 1.36. The molecule has 0 spiro atoms. The van der Waals surface area contributed by atoms with Crippen molar-refractivity contribution in [3.8, 4) is 20.9 Å². The molecule has 0 nitrogen and oxygen atoms in total. The number of hydrogen-bond acceptors (Lipinski definition) is 2. The summed E-state index contributed by atoms with van der Waals surface area (Å²) in [4.78, 5) is 2.84. The Bertz CT molecular complexity index is 2930. The number of hydrogen-bond donors (Lipinski definition) is 0. The van der Waals surface area contributed by atoms with Crippen LogP contribution >= 0.6 is 22.7 Å². The highest BCUT2D eigenvalue weighted by molar-refractivity contribution is 7.23. The van der Waals surface area contributed by atoms with E-state index in [2.05, 4.69) is 180 Å². The first-order valence-corrected chi connectivity index (χ1v) is 24.1. The average molecular weight is 819 g/mol. The summed E-state index contributed by atoms with van der Waals surface area (Å²) in [5.41, 5.74) is 20.2. The fourth-order valence-corrected chi connectivity index (χ4v) is 12.9. The molecule has 60 heavy (non-hydrogen) atoms. The molecule has 0 unspecified atom stereocenters. The third-order valence-corrected chi connectivity index (χ3v) is 16.0. The van der Waals surface area contributed by atoms with Gasteiger partial charge in [0.15, 0.2) is 0 Å². The van der Waals surface area contributed by atoms with Crippen molar-refractivity contribution in [2.24, 2.45) is 0 Å². The second-order valence-corrected chi connectivity index (χ2v) is 21.7.